The van der Waals surface area contributed by atoms with Crippen LogP contribution in [0.4, 0.5) is 0 Å². The van der Waals surface area contributed by atoms with Gasteiger partial charge in [0.2, 0.25) is 5.88 Å². The quantitative estimate of drug-likeness (QED) is 0.797. The van der Waals surface area contributed by atoms with Gasteiger partial charge in [-0.25, -0.2) is 4.98 Å². The van der Waals surface area contributed by atoms with Crippen LogP contribution in [0.15, 0.2) is 47.0 Å². The minimum Gasteiger partial charge on any atom is -0.481 e. The van der Waals surface area contributed by atoms with E-state index in [0.29, 0.717) is 18.1 Å². The molecule has 21 heavy (non-hydrogen) atoms. The molecule has 0 radical (unpaired) electrons. The number of aryl methyl sites for hydroxylation is 1. The molecular weight excluding hydrogens is 266 g/mol. The highest BCUT2D eigenvalue weighted by Gasteiger charge is 2.14. The number of methoxy groups -OCH3 is 1. The summed E-state index contributed by atoms with van der Waals surface area (Å²) in [6.07, 6.45) is 1.47. The maximum absolute atomic E-state index is 10.3. The Hall–Kier alpha value is -2.33. The number of ether oxygens (including phenoxy) is 1. The number of aliphatic hydroxyl groups excluding tert-OH is 1. The third-order valence-corrected chi connectivity index (χ3v) is 3.46. The van der Waals surface area contributed by atoms with Crippen LogP contribution in [0.1, 0.15) is 23.0 Å². The van der Waals surface area contributed by atoms with Crippen LogP contribution in [0, 0.1) is 6.92 Å². The molecule has 4 nitrogen and oxygen atoms in total. The normalized spacial score (nSPS) is 12.5. The summed E-state index contributed by atoms with van der Waals surface area (Å²) < 4.78 is 10.7. The molecular formula is C17H17NO3. The summed E-state index contributed by atoms with van der Waals surface area (Å²) in [6, 6.07) is 11.5. The van der Waals surface area contributed by atoms with Crippen molar-refractivity contribution in [2.75, 3.05) is 7.11 Å². The minimum absolute atomic E-state index is 0.454. The van der Waals surface area contributed by atoms with E-state index in [1.54, 1.807) is 19.4 Å². The Balaban J connectivity index is 1.80. The molecule has 0 bridgehead atoms. The van der Waals surface area contributed by atoms with Crippen LogP contribution in [0.3, 0.4) is 0 Å². The maximum atomic E-state index is 10.3. The third kappa shape index (κ3) is 2.90. The molecule has 3 aromatic rings. The van der Waals surface area contributed by atoms with Crippen molar-refractivity contribution in [3.8, 4) is 5.88 Å². The molecule has 1 atom stereocenters. The number of aliphatic hydroxyl groups is 1. The van der Waals surface area contributed by atoms with Crippen molar-refractivity contribution in [2.24, 2.45) is 0 Å². The van der Waals surface area contributed by atoms with E-state index < -0.39 is 6.10 Å². The Morgan fingerprint density at radius 1 is 1.24 bits per heavy atom. The van der Waals surface area contributed by atoms with Gasteiger partial charge in [-0.15, -0.1) is 0 Å². The summed E-state index contributed by atoms with van der Waals surface area (Å²) in [4.78, 5) is 4.13. The molecule has 0 aliphatic carbocycles. The highest BCUT2D eigenvalue weighted by molar-refractivity contribution is 5.78. The molecule has 2 heterocycles. The van der Waals surface area contributed by atoms with E-state index in [4.69, 9.17) is 9.15 Å². The molecule has 1 N–H and O–H groups in total. The van der Waals surface area contributed by atoms with Crippen LogP contribution >= 0.6 is 0 Å². The first-order chi connectivity index (χ1) is 10.2. The first-order valence-electron chi connectivity index (χ1n) is 6.83. The minimum atomic E-state index is -0.687. The fourth-order valence-corrected chi connectivity index (χ4v) is 2.32. The van der Waals surface area contributed by atoms with Crippen molar-refractivity contribution in [1.29, 1.82) is 0 Å². The second-order valence-corrected chi connectivity index (χ2v) is 5.12. The summed E-state index contributed by atoms with van der Waals surface area (Å²) in [5.41, 5.74) is 2.89. The highest BCUT2D eigenvalue weighted by atomic mass is 16.5. The van der Waals surface area contributed by atoms with E-state index >= 15 is 0 Å². The number of pyridine rings is 1. The molecule has 4 heteroatoms. The predicted octanol–water partition coefficient (Wildman–Crippen LogP) is 3.42. The smallest absolute Gasteiger partial charge is 0.212 e. The van der Waals surface area contributed by atoms with Gasteiger partial charge >= 0.3 is 0 Å². The second-order valence-electron chi connectivity index (χ2n) is 5.12. The van der Waals surface area contributed by atoms with Crippen LogP contribution in [0.5, 0.6) is 5.88 Å². The highest BCUT2D eigenvalue weighted by Crippen LogP contribution is 2.27. The lowest BCUT2D eigenvalue weighted by atomic mass is 10.1. The van der Waals surface area contributed by atoms with E-state index in [1.165, 1.54) is 5.56 Å². The van der Waals surface area contributed by atoms with Crippen LogP contribution in [0.25, 0.3) is 11.0 Å². The van der Waals surface area contributed by atoms with Gasteiger partial charge in [0.15, 0.2) is 0 Å². The average molecular weight is 283 g/mol. The van der Waals surface area contributed by atoms with E-state index in [1.807, 2.05) is 37.3 Å². The molecule has 3 rings (SSSR count). The van der Waals surface area contributed by atoms with Crippen molar-refractivity contribution in [3.63, 3.8) is 0 Å². The van der Waals surface area contributed by atoms with Gasteiger partial charge in [0.05, 0.1) is 7.11 Å². The van der Waals surface area contributed by atoms with Gasteiger partial charge in [-0.05, 0) is 30.7 Å². The Bertz CT molecular complexity index is 746. The summed E-state index contributed by atoms with van der Waals surface area (Å²) in [6.45, 7) is 2.03. The molecule has 108 valence electrons. The number of aromatic nitrogens is 1. The topological polar surface area (TPSA) is 55.5 Å². The summed E-state index contributed by atoms with van der Waals surface area (Å²) in [7, 11) is 1.58. The standard InChI is InChI=1S/C17H17NO3/c1-11-3-5-15-13(7-11)9-16(21-15)14(19)8-12-4-6-17(20-2)18-10-12/h3-7,9-10,14,19H,8H2,1-2H3. The molecule has 1 aromatic carbocycles. The number of hydrogen-bond donors (Lipinski definition) is 1. The number of rotatable bonds is 4. The van der Waals surface area contributed by atoms with E-state index in [2.05, 4.69) is 4.98 Å². The van der Waals surface area contributed by atoms with Gasteiger partial charge in [-0.2, -0.15) is 0 Å². The number of fused-ring (bicyclic) bond motifs is 1. The zero-order valence-corrected chi connectivity index (χ0v) is 12.0. The van der Waals surface area contributed by atoms with Gasteiger partial charge in [-0.3, -0.25) is 0 Å². The van der Waals surface area contributed by atoms with Gasteiger partial charge < -0.3 is 14.3 Å². The molecule has 0 saturated heterocycles. The number of nitrogens with zero attached hydrogens (tertiary/aromatic N) is 1. The van der Waals surface area contributed by atoms with Crippen LogP contribution in [-0.2, 0) is 6.42 Å². The van der Waals surface area contributed by atoms with Gasteiger partial charge in [0, 0.05) is 24.1 Å². The molecule has 0 aliphatic rings. The summed E-state index contributed by atoms with van der Waals surface area (Å²) in [5, 5.41) is 11.3. The predicted molar refractivity (Wildman–Crippen MR) is 80.4 cm³/mol. The number of furan rings is 1. The summed E-state index contributed by atoms with van der Waals surface area (Å²) >= 11 is 0. The first-order valence-corrected chi connectivity index (χ1v) is 6.83. The lowest BCUT2D eigenvalue weighted by molar-refractivity contribution is 0.152. The van der Waals surface area contributed by atoms with Gasteiger partial charge in [-0.1, -0.05) is 17.7 Å². The van der Waals surface area contributed by atoms with E-state index in [9.17, 15) is 5.11 Å². The Labute approximate surface area is 123 Å². The zero-order chi connectivity index (χ0) is 14.8. The SMILES string of the molecule is COc1ccc(CC(O)c2cc3cc(C)ccc3o2)cn1. The van der Waals surface area contributed by atoms with Gasteiger partial charge in [0.25, 0.3) is 0 Å². The lowest BCUT2D eigenvalue weighted by Gasteiger charge is -2.07. The fourth-order valence-electron chi connectivity index (χ4n) is 2.32. The van der Waals surface area contributed by atoms with Gasteiger partial charge in [0.1, 0.15) is 17.4 Å². The first kappa shape index (κ1) is 13.6. The molecule has 0 saturated carbocycles. The Morgan fingerprint density at radius 3 is 2.81 bits per heavy atom. The fraction of sp³-hybridized carbons (Fsp3) is 0.235. The monoisotopic (exact) mass is 283 g/mol. The second kappa shape index (κ2) is 5.58. The van der Waals surface area contributed by atoms with Crippen molar-refractivity contribution < 1.29 is 14.3 Å². The van der Waals surface area contributed by atoms with Crippen LogP contribution < -0.4 is 4.74 Å². The van der Waals surface area contributed by atoms with Crippen molar-refractivity contribution in [1.82, 2.24) is 4.98 Å². The van der Waals surface area contributed by atoms with Crippen LogP contribution in [-0.4, -0.2) is 17.2 Å². The number of hydrogen-bond acceptors (Lipinski definition) is 4. The molecule has 0 spiro atoms. The van der Waals surface area contributed by atoms with Crippen molar-refractivity contribution >= 4 is 11.0 Å². The largest absolute Gasteiger partial charge is 0.481 e. The molecule has 1 unspecified atom stereocenters. The summed E-state index contributed by atoms with van der Waals surface area (Å²) in [5.74, 6) is 1.14. The molecule has 0 amide bonds. The van der Waals surface area contributed by atoms with Crippen molar-refractivity contribution in [3.05, 3.63) is 59.5 Å². The Kier molecular flexibility index (Phi) is 3.62. The third-order valence-electron chi connectivity index (χ3n) is 3.46. The molecule has 2 aromatic heterocycles. The zero-order valence-electron chi connectivity index (χ0n) is 12.0. The lowest BCUT2D eigenvalue weighted by Crippen LogP contribution is -2.01. The Morgan fingerprint density at radius 2 is 2.10 bits per heavy atom. The number of benzene rings is 1. The average Bonchev–Trinajstić information content (AvgIpc) is 2.91. The maximum Gasteiger partial charge on any atom is 0.212 e. The van der Waals surface area contributed by atoms with E-state index in [0.717, 1.165) is 16.5 Å². The molecule has 0 fully saturated rings. The van der Waals surface area contributed by atoms with Crippen molar-refractivity contribution in [2.45, 2.75) is 19.4 Å². The van der Waals surface area contributed by atoms with Crippen LogP contribution in [0.2, 0.25) is 0 Å². The van der Waals surface area contributed by atoms with E-state index in [-0.39, 0.29) is 0 Å². The molecule has 0 aliphatic heterocycles.